The Bertz CT molecular complexity index is 468. The highest BCUT2D eigenvalue weighted by Gasteiger charge is 2.20. The van der Waals surface area contributed by atoms with Crippen molar-refractivity contribution in [3.63, 3.8) is 0 Å². The zero-order valence-corrected chi connectivity index (χ0v) is 13.4. The van der Waals surface area contributed by atoms with Crippen LogP contribution in [0.3, 0.4) is 0 Å². The number of amides is 1. The molecular weight excluding hydrogens is 274 g/mol. The van der Waals surface area contributed by atoms with Crippen LogP contribution in [0.25, 0.3) is 0 Å². The fourth-order valence-electron chi connectivity index (χ4n) is 1.87. The van der Waals surface area contributed by atoms with Crippen LogP contribution in [0.2, 0.25) is 0 Å². The zero-order valence-electron chi connectivity index (χ0n) is 12.6. The summed E-state index contributed by atoms with van der Waals surface area (Å²) in [5, 5.41) is 3.47. The maximum atomic E-state index is 12.1. The normalized spacial score (nSPS) is 12.0. The molecule has 0 bridgehead atoms. The van der Waals surface area contributed by atoms with Gasteiger partial charge in [-0.05, 0) is 25.8 Å². The summed E-state index contributed by atoms with van der Waals surface area (Å²) in [6.45, 7) is 8.07. The molecule has 5 heteroatoms. The fraction of sp³-hybridized carbons (Fsp3) is 0.600. The lowest BCUT2D eigenvalue weighted by molar-refractivity contribution is -0.119. The summed E-state index contributed by atoms with van der Waals surface area (Å²) < 4.78 is 5.03. The minimum Gasteiger partial charge on any atom is -0.462 e. The van der Waals surface area contributed by atoms with E-state index in [-0.39, 0.29) is 17.8 Å². The van der Waals surface area contributed by atoms with Crippen LogP contribution in [-0.2, 0) is 16.0 Å². The third kappa shape index (κ3) is 4.34. The van der Waals surface area contributed by atoms with Crippen LogP contribution in [0.5, 0.6) is 0 Å². The van der Waals surface area contributed by atoms with Gasteiger partial charge in [-0.1, -0.05) is 27.2 Å². The van der Waals surface area contributed by atoms with Gasteiger partial charge in [0.15, 0.2) is 0 Å². The molecule has 1 aromatic heterocycles. The summed E-state index contributed by atoms with van der Waals surface area (Å²) in [5.74, 6) is -0.467. The van der Waals surface area contributed by atoms with Crippen molar-refractivity contribution in [2.24, 2.45) is 5.92 Å². The summed E-state index contributed by atoms with van der Waals surface area (Å²) in [7, 11) is 0. The van der Waals surface area contributed by atoms with Crippen molar-refractivity contribution >= 4 is 28.2 Å². The lowest BCUT2D eigenvalue weighted by Gasteiger charge is -2.11. The van der Waals surface area contributed by atoms with Gasteiger partial charge in [-0.3, -0.25) is 4.79 Å². The summed E-state index contributed by atoms with van der Waals surface area (Å²) in [4.78, 5) is 25.0. The van der Waals surface area contributed by atoms with Crippen LogP contribution in [0.1, 0.15) is 55.8 Å². The molecule has 0 spiro atoms. The SMILES string of the molecule is CCCC(C)C(=O)Nc1sc(CC)cc1C(=O)OCC. The number of aryl methyl sites for hydroxylation is 1. The number of esters is 1. The average molecular weight is 297 g/mol. The van der Waals surface area contributed by atoms with E-state index in [1.54, 1.807) is 6.92 Å². The Morgan fingerprint density at radius 2 is 2.05 bits per heavy atom. The fourth-order valence-corrected chi connectivity index (χ4v) is 2.86. The van der Waals surface area contributed by atoms with E-state index >= 15 is 0 Å². The van der Waals surface area contributed by atoms with E-state index in [1.165, 1.54) is 11.3 Å². The summed E-state index contributed by atoms with van der Waals surface area (Å²) in [6.07, 6.45) is 2.63. The topological polar surface area (TPSA) is 55.4 Å². The predicted molar refractivity (Wildman–Crippen MR) is 82.4 cm³/mol. The average Bonchev–Trinajstić information content (AvgIpc) is 2.82. The number of carbonyl (C=O) groups is 2. The van der Waals surface area contributed by atoms with Crippen LogP contribution in [0.4, 0.5) is 5.00 Å². The Kier molecular flexibility index (Phi) is 6.71. The summed E-state index contributed by atoms with van der Waals surface area (Å²) in [5.41, 5.74) is 0.464. The number of hydrogen-bond donors (Lipinski definition) is 1. The standard InChI is InChI=1S/C15H23NO3S/c1-5-8-10(4)13(17)16-14-12(15(18)19-7-3)9-11(6-2)20-14/h9-10H,5-8H2,1-4H3,(H,16,17). The minimum atomic E-state index is -0.373. The monoisotopic (exact) mass is 297 g/mol. The molecule has 0 aliphatic carbocycles. The number of hydrogen-bond acceptors (Lipinski definition) is 4. The van der Waals surface area contributed by atoms with Gasteiger partial charge in [0.05, 0.1) is 12.2 Å². The Balaban J connectivity index is 2.90. The summed E-state index contributed by atoms with van der Waals surface area (Å²) in [6, 6.07) is 1.81. The van der Waals surface area contributed by atoms with Gasteiger partial charge in [-0.2, -0.15) is 0 Å². The number of anilines is 1. The second-order valence-electron chi connectivity index (χ2n) is 4.71. The lowest BCUT2D eigenvalue weighted by atomic mass is 10.1. The van der Waals surface area contributed by atoms with Gasteiger partial charge in [0, 0.05) is 10.8 Å². The second-order valence-corrected chi connectivity index (χ2v) is 5.85. The van der Waals surface area contributed by atoms with E-state index < -0.39 is 0 Å². The van der Waals surface area contributed by atoms with Gasteiger partial charge in [-0.25, -0.2) is 4.79 Å². The van der Waals surface area contributed by atoms with Gasteiger partial charge in [0.25, 0.3) is 0 Å². The number of rotatable bonds is 7. The number of ether oxygens (including phenoxy) is 1. The third-order valence-corrected chi connectivity index (χ3v) is 4.23. The first-order chi connectivity index (χ1) is 9.53. The van der Waals surface area contributed by atoms with Crippen molar-refractivity contribution in [2.45, 2.75) is 47.0 Å². The molecule has 1 heterocycles. The number of carbonyl (C=O) groups excluding carboxylic acids is 2. The van der Waals surface area contributed by atoms with Crippen molar-refractivity contribution in [3.05, 3.63) is 16.5 Å². The van der Waals surface area contributed by atoms with Crippen molar-refractivity contribution in [1.29, 1.82) is 0 Å². The van der Waals surface area contributed by atoms with Crippen molar-refractivity contribution < 1.29 is 14.3 Å². The largest absolute Gasteiger partial charge is 0.462 e. The predicted octanol–water partition coefficient (Wildman–Crippen LogP) is 3.86. The molecule has 0 aliphatic rings. The van der Waals surface area contributed by atoms with Gasteiger partial charge < -0.3 is 10.1 Å². The van der Waals surface area contributed by atoms with E-state index in [9.17, 15) is 9.59 Å². The van der Waals surface area contributed by atoms with Gasteiger partial charge in [0.2, 0.25) is 5.91 Å². The molecule has 0 saturated carbocycles. The van der Waals surface area contributed by atoms with Crippen LogP contribution in [0.15, 0.2) is 6.07 Å². The van der Waals surface area contributed by atoms with Crippen LogP contribution < -0.4 is 5.32 Å². The quantitative estimate of drug-likeness (QED) is 0.777. The zero-order chi connectivity index (χ0) is 15.1. The minimum absolute atomic E-state index is 0.0399. The number of thiophene rings is 1. The van der Waals surface area contributed by atoms with E-state index in [0.29, 0.717) is 17.2 Å². The highest BCUT2D eigenvalue weighted by Crippen LogP contribution is 2.30. The van der Waals surface area contributed by atoms with Crippen molar-refractivity contribution in [1.82, 2.24) is 0 Å². The summed E-state index contributed by atoms with van der Waals surface area (Å²) >= 11 is 1.44. The first-order valence-electron chi connectivity index (χ1n) is 7.14. The molecule has 0 fully saturated rings. The maximum Gasteiger partial charge on any atom is 0.341 e. The molecule has 1 unspecified atom stereocenters. The molecule has 0 saturated heterocycles. The Hall–Kier alpha value is -1.36. The van der Waals surface area contributed by atoms with E-state index in [2.05, 4.69) is 5.32 Å². The Morgan fingerprint density at radius 1 is 1.35 bits per heavy atom. The molecular formula is C15H23NO3S. The van der Waals surface area contributed by atoms with Crippen LogP contribution >= 0.6 is 11.3 Å². The first-order valence-corrected chi connectivity index (χ1v) is 7.95. The molecule has 0 aliphatic heterocycles. The van der Waals surface area contributed by atoms with Gasteiger partial charge >= 0.3 is 5.97 Å². The molecule has 1 N–H and O–H groups in total. The smallest absolute Gasteiger partial charge is 0.341 e. The molecule has 20 heavy (non-hydrogen) atoms. The highest BCUT2D eigenvalue weighted by molar-refractivity contribution is 7.16. The Morgan fingerprint density at radius 3 is 2.60 bits per heavy atom. The second kappa shape index (κ2) is 8.04. The van der Waals surface area contributed by atoms with Gasteiger partial charge in [0.1, 0.15) is 5.00 Å². The van der Waals surface area contributed by atoms with Gasteiger partial charge in [-0.15, -0.1) is 11.3 Å². The molecule has 0 aromatic carbocycles. The molecule has 1 rings (SSSR count). The van der Waals surface area contributed by atoms with Crippen LogP contribution in [0, 0.1) is 5.92 Å². The molecule has 112 valence electrons. The Labute approximate surface area is 124 Å². The van der Waals surface area contributed by atoms with Crippen molar-refractivity contribution in [3.8, 4) is 0 Å². The molecule has 1 atom stereocenters. The van der Waals surface area contributed by atoms with E-state index in [4.69, 9.17) is 4.74 Å². The van der Waals surface area contributed by atoms with Crippen molar-refractivity contribution in [2.75, 3.05) is 11.9 Å². The third-order valence-electron chi connectivity index (χ3n) is 3.03. The lowest BCUT2D eigenvalue weighted by Crippen LogP contribution is -2.21. The molecule has 1 aromatic rings. The number of nitrogens with one attached hydrogen (secondary N) is 1. The maximum absolute atomic E-state index is 12.1. The van der Waals surface area contributed by atoms with E-state index in [0.717, 1.165) is 24.1 Å². The molecule has 4 nitrogen and oxygen atoms in total. The molecule has 1 amide bonds. The van der Waals surface area contributed by atoms with E-state index in [1.807, 2.05) is 26.8 Å². The van der Waals surface area contributed by atoms with Crippen LogP contribution in [-0.4, -0.2) is 18.5 Å². The highest BCUT2D eigenvalue weighted by atomic mass is 32.1. The molecule has 0 radical (unpaired) electrons. The first kappa shape index (κ1) is 16.7.